The molecule has 5 heteroatoms. The average Bonchev–Trinajstić information content (AvgIpc) is 2.63. The smallest absolute Gasteiger partial charge is 0.240 e. The van der Waals surface area contributed by atoms with Gasteiger partial charge in [0.2, 0.25) is 5.91 Å². The van der Waals surface area contributed by atoms with Gasteiger partial charge in [0.1, 0.15) is 5.75 Å². The summed E-state index contributed by atoms with van der Waals surface area (Å²) in [6.45, 7) is 4.92. The number of fused-ring (bicyclic) bond motifs is 1. The maximum absolute atomic E-state index is 13.2. The van der Waals surface area contributed by atoms with Crippen LogP contribution in [0.15, 0.2) is 36.4 Å². The highest BCUT2D eigenvalue weighted by atomic mass is 16.5. The number of hydrogen-bond donors (Lipinski definition) is 2. The molecule has 0 bridgehead atoms. The van der Waals surface area contributed by atoms with Crippen molar-refractivity contribution in [1.82, 2.24) is 4.90 Å². The molecule has 2 atom stereocenters. The van der Waals surface area contributed by atoms with Gasteiger partial charge in [0.25, 0.3) is 0 Å². The number of aryl methyl sites for hydroxylation is 2. The Morgan fingerprint density at radius 1 is 1.26 bits per heavy atom. The number of hydrogen-bond acceptors (Lipinski definition) is 4. The molecule has 1 aliphatic heterocycles. The van der Waals surface area contributed by atoms with Gasteiger partial charge in [-0.15, -0.1) is 0 Å². The topological polar surface area (TPSA) is 75.8 Å². The second-order valence-electron chi connectivity index (χ2n) is 7.42. The molecule has 0 spiro atoms. The monoisotopic (exact) mass is 368 g/mol. The van der Waals surface area contributed by atoms with Crippen LogP contribution in [0.25, 0.3) is 0 Å². The number of carbonyl (C=O) groups is 1. The Bertz CT molecular complexity index is 811. The lowest BCUT2D eigenvalue weighted by atomic mass is 9.92. The van der Waals surface area contributed by atoms with E-state index < -0.39 is 6.04 Å². The van der Waals surface area contributed by atoms with Gasteiger partial charge in [0.15, 0.2) is 0 Å². The van der Waals surface area contributed by atoms with Crippen molar-refractivity contribution in [3.63, 3.8) is 0 Å². The normalized spacial score (nSPS) is 17.5. The highest BCUT2D eigenvalue weighted by Crippen LogP contribution is 2.26. The molecule has 0 saturated heterocycles. The number of ether oxygens (including phenoxy) is 1. The number of aromatic hydroxyl groups is 1. The van der Waals surface area contributed by atoms with Crippen LogP contribution in [-0.4, -0.2) is 41.7 Å². The summed E-state index contributed by atoms with van der Waals surface area (Å²) in [5, 5.41) is 9.73. The minimum Gasteiger partial charge on any atom is -0.508 e. The quantitative estimate of drug-likeness (QED) is 0.850. The van der Waals surface area contributed by atoms with Gasteiger partial charge in [-0.3, -0.25) is 4.79 Å². The lowest BCUT2D eigenvalue weighted by Gasteiger charge is -2.38. The fraction of sp³-hybridized carbons (Fsp3) is 0.409. The maximum Gasteiger partial charge on any atom is 0.240 e. The molecule has 144 valence electrons. The predicted molar refractivity (Wildman–Crippen MR) is 106 cm³/mol. The fourth-order valence-electron chi connectivity index (χ4n) is 4.00. The van der Waals surface area contributed by atoms with Gasteiger partial charge in [0.05, 0.1) is 18.7 Å². The number of phenols is 1. The number of nitrogens with two attached hydrogens (primary N) is 1. The van der Waals surface area contributed by atoms with Crippen LogP contribution >= 0.6 is 0 Å². The van der Waals surface area contributed by atoms with Gasteiger partial charge in [0, 0.05) is 13.7 Å². The van der Waals surface area contributed by atoms with E-state index in [1.54, 1.807) is 19.2 Å². The summed E-state index contributed by atoms with van der Waals surface area (Å²) in [5.41, 5.74) is 11.7. The maximum atomic E-state index is 13.2. The van der Waals surface area contributed by atoms with Crippen molar-refractivity contribution >= 4 is 5.91 Å². The summed E-state index contributed by atoms with van der Waals surface area (Å²) in [7, 11) is 1.66. The molecule has 1 heterocycles. The van der Waals surface area contributed by atoms with Crippen molar-refractivity contribution in [3.05, 3.63) is 64.2 Å². The molecule has 5 nitrogen and oxygen atoms in total. The van der Waals surface area contributed by atoms with Gasteiger partial charge in [-0.05, 0) is 66.6 Å². The highest BCUT2D eigenvalue weighted by molar-refractivity contribution is 5.82. The summed E-state index contributed by atoms with van der Waals surface area (Å²) in [4.78, 5) is 15.0. The third-order valence-corrected chi connectivity index (χ3v) is 5.42. The van der Waals surface area contributed by atoms with Gasteiger partial charge in [-0.2, -0.15) is 0 Å². The van der Waals surface area contributed by atoms with E-state index in [2.05, 4.69) is 12.1 Å². The van der Waals surface area contributed by atoms with Crippen molar-refractivity contribution in [2.75, 3.05) is 13.7 Å². The SMILES string of the molecule is COC[C@@H]1Cc2ccccc2CN1C(=O)[C@@H](N)Cc1c(C)cc(O)cc1C. The number of benzene rings is 2. The first-order valence-corrected chi connectivity index (χ1v) is 9.31. The molecule has 3 N–H and O–H groups in total. The van der Waals surface area contributed by atoms with E-state index in [1.807, 2.05) is 30.9 Å². The minimum atomic E-state index is -0.628. The van der Waals surface area contributed by atoms with E-state index in [4.69, 9.17) is 10.5 Å². The molecule has 2 aromatic rings. The second-order valence-corrected chi connectivity index (χ2v) is 7.42. The first-order valence-electron chi connectivity index (χ1n) is 9.31. The summed E-state index contributed by atoms with van der Waals surface area (Å²) < 4.78 is 5.36. The first-order chi connectivity index (χ1) is 12.9. The number of amides is 1. The summed E-state index contributed by atoms with van der Waals surface area (Å²) in [5.74, 6) is 0.180. The van der Waals surface area contributed by atoms with Gasteiger partial charge in [-0.25, -0.2) is 0 Å². The molecular weight excluding hydrogens is 340 g/mol. The number of rotatable bonds is 5. The fourth-order valence-corrected chi connectivity index (χ4v) is 4.00. The van der Waals surface area contributed by atoms with E-state index in [1.165, 1.54) is 11.1 Å². The average molecular weight is 368 g/mol. The zero-order valence-electron chi connectivity index (χ0n) is 16.2. The van der Waals surface area contributed by atoms with Crippen LogP contribution in [0.1, 0.15) is 27.8 Å². The standard InChI is InChI=1S/C22H28N2O3/c1-14-8-19(25)9-15(2)20(14)11-21(23)22(26)24-12-17-7-5-4-6-16(17)10-18(24)13-27-3/h4-9,18,21,25H,10-13,23H2,1-3H3/t18-,21-/m0/s1. The van der Waals surface area contributed by atoms with E-state index >= 15 is 0 Å². The third-order valence-electron chi connectivity index (χ3n) is 5.42. The predicted octanol–water partition coefficient (Wildman–Crippen LogP) is 2.48. The van der Waals surface area contributed by atoms with Crippen LogP contribution in [-0.2, 0) is 28.9 Å². The van der Waals surface area contributed by atoms with Crippen molar-refractivity contribution < 1.29 is 14.6 Å². The molecule has 1 amide bonds. The number of phenolic OH excluding ortho intramolecular Hbond substituents is 1. The van der Waals surface area contributed by atoms with Crippen molar-refractivity contribution in [2.45, 2.75) is 45.3 Å². The van der Waals surface area contributed by atoms with Crippen LogP contribution in [0.3, 0.4) is 0 Å². The second kappa shape index (κ2) is 8.11. The lowest BCUT2D eigenvalue weighted by Crippen LogP contribution is -2.53. The van der Waals surface area contributed by atoms with Crippen LogP contribution in [0.5, 0.6) is 5.75 Å². The summed E-state index contributed by atoms with van der Waals surface area (Å²) >= 11 is 0. The summed E-state index contributed by atoms with van der Waals surface area (Å²) in [6.07, 6.45) is 1.23. The molecule has 2 aromatic carbocycles. The van der Waals surface area contributed by atoms with Crippen LogP contribution in [0.4, 0.5) is 0 Å². The van der Waals surface area contributed by atoms with Crippen molar-refractivity contribution in [2.24, 2.45) is 5.73 Å². The zero-order chi connectivity index (χ0) is 19.6. The molecule has 0 fully saturated rings. The van der Waals surface area contributed by atoms with E-state index in [0.717, 1.165) is 23.1 Å². The first kappa shape index (κ1) is 19.4. The molecule has 0 unspecified atom stereocenters. The molecule has 0 aromatic heterocycles. The zero-order valence-corrected chi connectivity index (χ0v) is 16.2. The number of carbonyl (C=O) groups excluding carboxylic acids is 1. The van der Waals surface area contributed by atoms with Gasteiger partial charge >= 0.3 is 0 Å². The number of methoxy groups -OCH3 is 1. The van der Waals surface area contributed by atoms with Crippen LogP contribution < -0.4 is 5.73 Å². The molecular formula is C22H28N2O3. The van der Waals surface area contributed by atoms with Crippen LogP contribution in [0.2, 0.25) is 0 Å². The van der Waals surface area contributed by atoms with Crippen LogP contribution in [0, 0.1) is 13.8 Å². The van der Waals surface area contributed by atoms with E-state index in [-0.39, 0.29) is 17.7 Å². The Morgan fingerprint density at radius 3 is 2.52 bits per heavy atom. The van der Waals surface area contributed by atoms with E-state index in [9.17, 15) is 9.90 Å². The Balaban J connectivity index is 1.81. The van der Waals surface area contributed by atoms with E-state index in [0.29, 0.717) is 19.6 Å². The van der Waals surface area contributed by atoms with Gasteiger partial charge in [-0.1, -0.05) is 24.3 Å². The third kappa shape index (κ3) is 4.15. The molecule has 0 aliphatic carbocycles. The minimum absolute atomic E-state index is 0.00883. The Hall–Kier alpha value is -2.37. The molecule has 0 saturated carbocycles. The largest absolute Gasteiger partial charge is 0.508 e. The molecule has 1 aliphatic rings. The molecule has 0 radical (unpaired) electrons. The number of nitrogens with zero attached hydrogens (tertiary/aromatic N) is 1. The highest BCUT2D eigenvalue weighted by Gasteiger charge is 2.32. The Labute approximate surface area is 160 Å². The van der Waals surface area contributed by atoms with Crippen molar-refractivity contribution in [1.29, 1.82) is 0 Å². The summed E-state index contributed by atoms with van der Waals surface area (Å²) in [6, 6.07) is 11.0. The lowest BCUT2D eigenvalue weighted by molar-refractivity contribution is -0.137. The Kier molecular flexibility index (Phi) is 5.82. The molecule has 27 heavy (non-hydrogen) atoms. The Morgan fingerprint density at radius 2 is 1.89 bits per heavy atom. The van der Waals surface area contributed by atoms with Gasteiger partial charge < -0.3 is 20.5 Å². The van der Waals surface area contributed by atoms with Crippen molar-refractivity contribution in [3.8, 4) is 5.75 Å². The molecule has 3 rings (SSSR count).